The molecule has 2 aromatic rings. The molecule has 24 heavy (non-hydrogen) atoms. The highest BCUT2D eigenvalue weighted by molar-refractivity contribution is 5.75. The number of nitrogens with one attached hydrogen (secondary N) is 1. The Morgan fingerprint density at radius 2 is 1.50 bits per heavy atom. The summed E-state index contributed by atoms with van der Waals surface area (Å²) in [6.07, 6.45) is -0.404. The molecule has 1 N–H and O–H groups in total. The summed E-state index contributed by atoms with van der Waals surface area (Å²) >= 11 is 0. The van der Waals surface area contributed by atoms with Gasteiger partial charge in [0.2, 0.25) is 0 Å². The van der Waals surface area contributed by atoms with Crippen LogP contribution in [0.25, 0.3) is 0 Å². The van der Waals surface area contributed by atoms with E-state index < -0.39 is 12.3 Å². The quantitative estimate of drug-likeness (QED) is 0.820. The molecule has 0 amide bonds. The summed E-state index contributed by atoms with van der Waals surface area (Å²) in [6, 6.07) is 3.54. The van der Waals surface area contributed by atoms with Crippen molar-refractivity contribution < 1.29 is 9.53 Å². The molecule has 0 aliphatic rings. The fourth-order valence-electron chi connectivity index (χ4n) is 2.85. The van der Waals surface area contributed by atoms with Crippen LogP contribution in [0, 0.1) is 33.6 Å². The lowest BCUT2D eigenvalue weighted by atomic mass is 10.0. The van der Waals surface area contributed by atoms with Crippen molar-refractivity contribution in [3.05, 3.63) is 34.9 Å². The molecule has 0 radical (unpaired) electrons. The number of rotatable bonds is 6. The van der Waals surface area contributed by atoms with Gasteiger partial charge in [-0.1, -0.05) is 13.8 Å². The zero-order valence-corrected chi connectivity index (χ0v) is 15.5. The van der Waals surface area contributed by atoms with Gasteiger partial charge in [-0.25, -0.2) is 9.36 Å². The first-order valence-electron chi connectivity index (χ1n) is 8.14. The van der Waals surface area contributed by atoms with Crippen molar-refractivity contribution in [2.75, 3.05) is 7.11 Å². The molecule has 0 bridgehead atoms. The van der Waals surface area contributed by atoms with Gasteiger partial charge >= 0.3 is 5.97 Å². The van der Waals surface area contributed by atoms with Crippen LogP contribution in [0.2, 0.25) is 0 Å². The van der Waals surface area contributed by atoms with Crippen LogP contribution < -0.4 is 5.32 Å². The van der Waals surface area contributed by atoms with E-state index in [1.165, 1.54) is 7.11 Å². The van der Waals surface area contributed by atoms with E-state index >= 15 is 0 Å². The summed E-state index contributed by atoms with van der Waals surface area (Å²) in [7, 11) is 1.40. The molecule has 0 saturated carbocycles. The molecule has 2 rings (SSSR count). The summed E-state index contributed by atoms with van der Waals surface area (Å²) in [6.45, 7) is 11.8. The molecule has 0 aromatic carbocycles. The maximum absolute atomic E-state index is 12.2. The van der Waals surface area contributed by atoms with E-state index in [9.17, 15) is 4.79 Å². The topological polar surface area (TPSA) is 74.0 Å². The van der Waals surface area contributed by atoms with Crippen molar-refractivity contribution in [2.45, 2.75) is 53.9 Å². The Balaban J connectivity index is 2.49. The minimum atomic E-state index is -0.465. The highest BCUT2D eigenvalue weighted by atomic mass is 16.5. The van der Waals surface area contributed by atoms with Crippen LogP contribution in [0.4, 0.5) is 0 Å². The molecule has 0 aliphatic heterocycles. The number of hydrogen-bond donors (Lipinski definition) is 1. The van der Waals surface area contributed by atoms with Crippen LogP contribution in [-0.2, 0) is 9.53 Å². The Bertz CT molecular complexity index is 670. The number of aryl methyl sites for hydroxylation is 4. The molecule has 2 aromatic heterocycles. The summed E-state index contributed by atoms with van der Waals surface area (Å²) in [5.74, 6) is -0.230. The second-order valence-electron chi connectivity index (χ2n) is 6.53. The van der Waals surface area contributed by atoms with E-state index in [1.807, 2.05) is 63.0 Å². The molecule has 0 fully saturated rings. The van der Waals surface area contributed by atoms with E-state index in [1.54, 1.807) is 0 Å². The van der Waals surface area contributed by atoms with Crippen LogP contribution >= 0.6 is 0 Å². The van der Waals surface area contributed by atoms with Gasteiger partial charge in [-0.3, -0.25) is 10.1 Å². The van der Waals surface area contributed by atoms with Crippen molar-refractivity contribution in [1.82, 2.24) is 24.9 Å². The van der Waals surface area contributed by atoms with E-state index in [0.29, 0.717) is 0 Å². The first kappa shape index (κ1) is 18.2. The summed E-state index contributed by atoms with van der Waals surface area (Å²) in [4.78, 5) is 12.2. The molecule has 0 spiro atoms. The Morgan fingerprint density at radius 1 is 1.04 bits per heavy atom. The van der Waals surface area contributed by atoms with Crippen molar-refractivity contribution >= 4 is 5.97 Å². The van der Waals surface area contributed by atoms with Crippen LogP contribution in [0.1, 0.15) is 42.9 Å². The molecule has 1 atom stereocenters. The lowest BCUT2D eigenvalue weighted by Crippen LogP contribution is -2.48. The number of carbonyl (C=O) groups excluding carboxylic acids is 1. The second kappa shape index (κ2) is 7.17. The minimum absolute atomic E-state index is 0.0638. The largest absolute Gasteiger partial charge is 0.468 e. The maximum Gasteiger partial charge on any atom is 0.323 e. The lowest BCUT2D eigenvalue weighted by molar-refractivity contribution is -0.145. The summed E-state index contributed by atoms with van der Waals surface area (Å²) in [5.41, 5.74) is 3.81. The zero-order chi connectivity index (χ0) is 18.0. The van der Waals surface area contributed by atoms with Crippen LogP contribution in [-0.4, -0.2) is 38.7 Å². The SMILES string of the molecule is COC(=O)C(NC(n1nc(C)cc1C)n1nc(C)cc1C)C(C)C. The van der Waals surface area contributed by atoms with Gasteiger partial charge in [0.1, 0.15) is 6.04 Å². The molecule has 0 saturated heterocycles. The molecular formula is C17H27N5O2. The smallest absolute Gasteiger partial charge is 0.323 e. The molecule has 7 heteroatoms. The third kappa shape index (κ3) is 3.67. The van der Waals surface area contributed by atoms with Gasteiger partial charge in [-0.2, -0.15) is 10.2 Å². The number of methoxy groups -OCH3 is 1. The average Bonchev–Trinajstić information content (AvgIpc) is 3.00. The molecule has 1 unspecified atom stereocenters. The summed E-state index contributed by atoms with van der Waals surface area (Å²) < 4.78 is 8.66. The van der Waals surface area contributed by atoms with Gasteiger partial charge in [-0.05, 0) is 45.7 Å². The Kier molecular flexibility index (Phi) is 5.43. The second-order valence-corrected chi connectivity index (χ2v) is 6.53. The van der Waals surface area contributed by atoms with Crippen LogP contribution in [0.3, 0.4) is 0 Å². The fraction of sp³-hybridized carbons (Fsp3) is 0.588. The van der Waals surface area contributed by atoms with Gasteiger partial charge in [-0.15, -0.1) is 0 Å². The first-order valence-corrected chi connectivity index (χ1v) is 8.14. The van der Waals surface area contributed by atoms with E-state index in [4.69, 9.17) is 4.74 Å². The minimum Gasteiger partial charge on any atom is -0.468 e. The highest BCUT2D eigenvalue weighted by Crippen LogP contribution is 2.17. The fourth-order valence-corrected chi connectivity index (χ4v) is 2.85. The Hall–Kier alpha value is -2.15. The normalized spacial score (nSPS) is 12.9. The van der Waals surface area contributed by atoms with Crippen molar-refractivity contribution in [2.24, 2.45) is 5.92 Å². The van der Waals surface area contributed by atoms with Gasteiger partial charge < -0.3 is 4.74 Å². The number of aromatic nitrogens is 4. The molecular weight excluding hydrogens is 306 g/mol. The number of esters is 1. The third-order valence-corrected chi connectivity index (χ3v) is 4.00. The number of hydrogen-bond acceptors (Lipinski definition) is 5. The predicted octanol–water partition coefficient (Wildman–Crippen LogP) is 2.10. The molecule has 2 heterocycles. The van der Waals surface area contributed by atoms with Crippen LogP contribution in [0.5, 0.6) is 0 Å². The third-order valence-electron chi connectivity index (χ3n) is 4.00. The zero-order valence-electron chi connectivity index (χ0n) is 15.5. The van der Waals surface area contributed by atoms with Crippen molar-refractivity contribution in [3.8, 4) is 0 Å². The Morgan fingerprint density at radius 3 is 1.79 bits per heavy atom. The van der Waals surface area contributed by atoms with Crippen molar-refractivity contribution in [3.63, 3.8) is 0 Å². The highest BCUT2D eigenvalue weighted by Gasteiger charge is 2.29. The standard InChI is InChI=1S/C17H27N5O2/c1-10(2)15(16(23)24-7)18-17(21-13(5)8-11(3)19-21)22-14(6)9-12(4)20-22/h8-10,15,17-18H,1-7H3. The number of carbonyl (C=O) groups is 1. The van der Waals surface area contributed by atoms with Gasteiger partial charge in [0.25, 0.3) is 0 Å². The monoisotopic (exact) mass is 333 g/mol. The number of nitrogens with zero attached hydrogens (tertiary/aromatic N) is 4. The maximum atomic E-state index is 12.2. The van der Waals surface area contributed by atoms with E-state index in [-0.39, 0.29) is 11.9 Å². The van der Waals surface area contributed by atoms with Gasteiger partial charge in [0.05, 0.1) is 18.5 Å². The van der Waals surface area contributed by atoms with E-state index in [0.717, 1.165) is 22.8 Å². The molecule has 0 aliphatic carbocycles. The van der Waals surface area contributed by atoms with Crippen molar-refractivity contribution in [1.29, 1.82) is 0 Å². The number of ether oxygens (including phenoxy) is 1. The van der Waals surface area contributed by atoms with E-state index in [2.05, 4.69) is 15.5 Å². The first-order chi connectivity index (χ1) is 11.2. The molecule has 132 valence electrons. The lowest BCUT2D eigenvalue weighted by Gasteiger charge is -2.28. The van der Waals surface area contributed by atoms with Crippen LogP contribution in [0.15, 0.2) is 12.1 Å². The Labute approximate surface area is 143 Å². The predicted molar refractivity (Wildman–Crippen MR) is 91.6 cm³/mol. The summed E-state index contributed by atoms with van der Waals surface area (Å²) in [5, 5.41) is 12.5. The molecule has 7 nitrogen and oxygen atoms in total. The average molecular weight is 333 g/mol. The van der Waals surface area contributed by atoms with Gasteiger partial charge in [0, 0.05) is 11.4 Å². The van der Waals surface area contributed by atoms with Gasteiger partial charge in [0.15, 0.2) is 6.29 Å².